The highest BCUT2D eigenvalue weighted by Crippen LogP contribution is 2.59. The minimum Gasteiger partial charge on any atom is -0.108 e. The number of rotatable bonds is 1. The van der Waals surface area contributed by atoms with E-state index in [0.29, 0.717) is 9.16 Å². The van der Waals surface area contributed by atoms with Crippen LogP contribution in [0.25, 0.3) is 0 Å². The van der Waals surface area contributed by atoms with Crippen molar-refractivity contribution in [3.63, 3.8) is 0 Å². The Morgan fingerprint density at radius 3 is 1.06 bits per heavy atom. The van der Waals surface area contributed by atoms with Crippen molar-refractivity contribution >= 4 is 47.0 Å². The summed E-state index contributed by atoms with van der Waals surface area (Å²) >= 11 is 8.10. The first-order valence-corrected chi connectivity index (χ1v) is 9.27. The van der Waals surface area contributed by atoms with Crippen LogP contribution < -0.4 is 0 Å². The molecule has 0 N–H and O–H groups in total. The molecule has 0 saturated heterocycles. The second-order valence-electron chi connectivity index (χ2n) is 4.10. The Kier molecular flexibility index (Phi) is 3.07. The van der Waals surface area contributed by atoms with Crippen LogP contribution in [0.2, 0.25) is 0 Å². The molecule has 18 heavy (non-hydrogen) atoms. The predicted molar refractivity (Wildman–Crippen MR) is 83.9 cm³/mol. The maximum absolute atomic E-state index is 2.24. The van der Waals surface area contributed by atoms with Crippen LogP contribution in [0.15, 0.2) is 68.1 Å². The summed E-state index contributed by atoms with van der Waals surface area (Å²) < 4.78 is 1.26. The smallest absolute Gasteiger partial charge is 0.0814 e. The van der Waals surface area contributed by atoms with E-state index in [1.54, 1.807) is 0 Å². The minimum absolute atomic E-state index is 0.629. The number of hydrogen-bond donors (Lipinski definition) is 0. The highest BCUT2D eigenvalue weighted by Gasteiger charge is 2.35. The number of hydrogen-bond acceptors (Lipinski definition) is 4. The summed E-state index contributed by atoms with van der Waals surface area (Å²) in [5, 5.41) is 0. The Labute approximate surface area is 124 Å². The third-order valence-corrected chi connectivity index (χ3v) is 9.45. The molecule has 0 aromatic heterocycles. The van der Waals surface area contributed by atoms with E-state index in [1.165, 1.54) is 19.6 Å². The lowest BCUT2D eigenvalue weighted by Gasteiger charge is -2.13. The molecule has 2 aromatic rings. The van der Waals surface area contributed by atoms with Gasteiger partial charge in [-0.2, -0.15) is 0 Å². The monoisotopic (exact) mass is 306 g/mol. The number of fused-ring (bicyclic) bond motifs is 2. The zero-order chi connectivity index (χ0) is 11.9. The minimum atomic E-state index is 0.629. The standard InChI is InChI=1S/C14H10S4/c1-2-6-10-9(5-1)15-13(16-10)14-17-11-7-3-4-8-12(11)18-14/h1-8,13-14H. The molecular formula is C14H10S4. The molecule has 2 heterocycles. The quantitative estimate of drug-likeness (QED) is 0.688. The molecule has 0 amide bonds. The molecule has 4 heteroatoms. The summed E-state index contributed by atoms with van der Waals surface area (Å²) in [6.07, 6.45) is 0. The molecule has 0 nitrogen and oxygen atoms in total. The van der Waals surface area contributed by atoms with Gasteiger partial charge in [-0.15, -0.1) is 47.0 Å². The topological polar surface area (TPSA) is 0 Å². The van der Waals surface area contributed by atoms with Gasteiger partial charge in [0.05, 0.1) is 9.16 Å². The van der Waals surface area contributed by atoms with Crippen LogP contribution in [0.4, 0.5) is 0 Å². The SMILES string of the molecule is c1ccc2c(c1)SC(C1Sc3ccccc3S1)S2. The third-order valence-electron chi connectivity index (χ3n) is 2.89. The first-order valence-electron chi connectivity index (χ1n) is 5.75. The van der Waals surface area contributed by atoms with Crippen molar-refractivity contribution in [1.82, 2.24) is 0 Å². The average Bonchev–Trinajstić information content (AvgIpc) is 3.02. The Hall–Kier alpha value is -0.160. The molecule has 0 atom stereocenters. The van der Waals surface area contributed by atoms with Gasteiger partial charge in [-0.25, -0.2) is 0 Å². The number of benzene rings is 2. The molecule has 0 radical (unpaired) electrons. The molecule has 0 spiro atoms. The second kappa shape index (κ2) is 4.75. The van der Waals surface area contributed by atoms with Gasteiger partial charge in [-0.1, -0.05) is 24.3 Å². The summed E-state index contributed by atoms with van der Waals surface area (Å²) in [5.41, 5.74) is 0. The van der Waals surface area contributed by atoms with Crippen molar-refractivity contribution < 1.29 is 0 Å². The van der Waals surface area contributed by atoms with Gasteiger partial charge in [0, 0.05) is 19.6 Å². The van der Waals surface area contributed by atoms with E-state index in [-0.39, 0.29) is 0 Å². The normalized spacial score (nSPS) is 18.9. The summed E-state index contributed by atoms with van der Waals surface area (Å²) in [6, 6.07) is 17.5. The summed E-state index contributed by atoms with van der Waals surface area (Å²) in [6.45, 7) is 0. The van der Waals surface area contributed by atoms with Gasteiger partial charge in [-0.05, 0) is 24.3 Å². The molecular weight excluding hydrogens is 296 g/mol. The Bertz CT molecular complexity index is 492. The van der Waals surface area contributed by atoms with Crippen LogP contribution >= 0.6 is 47.0 Å². The van der Waals surface area contributed by atoms with Crippen LogP contribution in [-0.4, -0.2) is 9.16 Å². The summed E-state index contributed by atoms with van der Waals surface area (Å²) in [7, 11) is 0. The molecule has 90 valence electrons. The second-order valence-corrected chi connectivity index (χ2v) is 9.43. The summed E-state index contributed by atoms with van der Waals surface area (Å²) in [4.78, 5) is 5.80. The lowest BCUT2D eigenvalue weighted by atomic mass is 10.4. The van der Waals surface area contributed by atoms with Gasteiger partial charge in [0.2, 0.25) is 0 Å². The summed E-state index contributed by atoms with van der Waals surface area (Å²) in [5.74, 6) is 0. The van der Waals surface area contributed by atoms with E-state index < -0.39 is 0 Å². The number of thioether (sulfide) groups is 4. The molecule has 2 aromatic carbocycles. The fraction of sp³-hybridized carbons (Fsp3) is 0.143. The fourth-order valence-corrected chi connectivity index (χ4v) is 8.41. The molecule has 0 fully saturated rings. The Morgan fingerprint density at radius 2 is 0.778 bits per heavy atom. The molecule has 0 saturated carbocycles. The van der Waals surface area contributed by atoms with E-state index in [2.05, 4.69) is 48.5 Å². The highest BCUT2D eigenvalue weighted by atomic mass is 32.2. The van der Waals surface area contributed by atoms with Gasteiger partial charge in [0.15, 0.2) is 0 Å². The van der Waals surface area contributed by atoms with Gasteiger partial charge in [0.1, 0.15) is 0 Å². The van der Waals surface area contributed by atoms with Gasteiger partial charge in [-0.3, -0.25) is 0 Å². The van der Waals surface area contributed by atoms with E-state index >= 15 is 0 Å². The van der Waals surface area contributed by atoms with Crippen LogP contribution in [0, 0.1) is 0 Å². The lowest BCUT2D eigenvalue weighted by Crippen LogP contribution is -2.06. The maximum atomic E-state index is 2.24. The van der Waals surface area contributed by atoms with Crippen molar-refractivity contribution in [2.45, 2.75) is 28.7 Å². The van der Waals surface area contributed by atoms with Gasteiger partial charge in [0.25, 0.3) is 0 Å². The van der Waals surface area contributed by atoms with Gasteiger partial charge < -0.3 is 0 Å². The van der Waals surface area contributed by atoms with Gasteiger partial charge >= 0.3 is 0 Å². The lowest BCUT2D eigenvalue weighted by molar-refractivity contribution is 1.27. The maximum Gasteiger partial charge on any atom is 0.0814 e. The molecule has 4 rings (SSSR count). The van der Waals surface area contributed by atoms with Crippen molar-refractivity contribution in [1.29, 1.82) is 0 Å². The van der Waals surface area contributed by atoms with Crippen LogP contribution in [0.1, 0.15) is 0 Å². The largest absolute Gasteiger partial charge is 0.108 e. The highest BCUT2D eigenvalue weighted by molar-refractivity contribution is 8.26. The predicted octanol–water partition coefficient (Wildman–Crippen LogP) is 5.43. The third kappa shape index (κ3) is 1.99. The van der Waals surface area contributed by atoms with Crippen molar-refractivity contribution in [3.8, 4) is 0 Å². The van der Waals surface area contributed by atoms with Crippen LogP contribution in [0.5, 0.6) is 0 Å². The Morgan fingerprint density at radius 1 is 0.500 bits per heavy atom. The zero-order valence-corrected chi connectivity index (χ0v) is 12.7. The van der Waals surface area contributed by atoms with E-state index in [4.69, 9.17) is 0 Å². The Balaban J connectivity index is 1.56. The first kappa shape index (κ1) is 11.6. The van der Waals surface area contributed by atoms with E-state index in [9.17, 15) is 0 Å². The van der Waals surface area contributed by atoms with E-state index in [0.717, 1.165) is 0 Å². The van der Waals surface area contributed by atoms with Crippen molar-refractivity contribution in [2.24, 2.45) is 0 Å². The van der Waals surface area contributed by atoms with Crippen LogP contribution in [0.3, 0.4) is 0 Å². The van der Waals surface area contributed by atoms with E-state index in [1.807, 2.05) is 47.0 Å². The van der Waals surface area contributed by atoms with Crippen LogP contribution in [-0.2, 0) is 0 Å². The molecule has 2 aliphatic heterocycles. The first-order chi connectivity index (χ1) is 8.90. The molecule has 0 bridgehead atoms. The molecule has 0 aliphatic carbocycles. The average molecular weight is 307 g/mol. The molecule has 2 aliphatic rings. The van der Waals surface area contributed by atoms with Crippen molar-refractivity contribution in [3.05, 3.63) is 48.5 Å². The van der Waals surface area contributed by atoms with Crippen molar-refractivity contribution in [2.75, 3.05) is 0 Å². The fourth-order valence-electron chi connectivity index (χ4n) is 2.06. The molecule has 0 unspecified atom stereocenters. The zero-order valence-electron chi connectivity index (χ0n) is 9.41.